The third kappa shape index (κ3) is 3.81. The molecule has 1 aromatic carbocycles. The predicted molar refractivity (Wildman–Crippen MR) is 108 cm³/mol. The number of carbonyl (C=O) groups excluding carboxylic acids is 1. The monoisotopic (exact) mass is 392 g/mol. The van der Waals surface area contributed by atoms with E-state index in [1.54, 1.807) is 43.7 Å². The van der Waals surface area contributed by atoms with Gasteiger partial charge in [0.15, 0.2) is 5.78 Å². The second-order valence-corrected chi connectivity index (χ2v) is 7.20. The average molecular weight is 392 g/mol. The molecule has 2 aromatic heterocycles. The summed E-state index contributed by atoms with van der Waals surface area (Å²) in [5.74, 6) is -0.541. The van der Waals surface area contributed by atoms with Crippen molar-refractivity contribution >= 4 is 11.7 Å². The minimum absolute atomic E-state index is 0.117. The van der Waals surface area contributed by atoms with Gasteiger partial charge in [0, 0.05) is 50.1 Å². The number of carbonyl (C=O) groups is 1. The van der Waals surface area contributed by atoms with Crippen LogP contribution in [0.4, 0.5) is 10.3 Å². The molecule has 1 aliphatic heterocycles. The molecule has 148 valence electrons. The van der Waals surface area contributed by atoms with Crippen LogP contribution in [0, 0.1) is 11.7 Å². The van der Waals surface area contributed by atoms with Crippen LogP contribution in [0.3, 0.4) is 0 Å². The standard InChI is InChI=1S/C22H21FN4O2/c1-26-20(28)13-19(15-8-10-24-11-9-15)25-22(26)27-12-4-5-16(14-27)21(29)17-6-2-3-7-18(17)23/h2-3,6-11,13,16H,4-5,12,14H2,1H3. The highest BCUT2D eigenvalue weighted by atomic mass is 19.1. The average Bonchev–Trinajstić information content (AvgIpc) is 2.76. The molecule has 0 N–H and O–H groups in total. The van der Waals surface area contributed by atoms with Gasteiger partial charge in [-0.05, 0) is 37.1 Å². The van der Waals surface area contributed by atoms with Gasteiger partial charge in [-0.1, -0.05) is 12.1 Å². The number of hydrogen-bond donors (Lipinski definition) is 0. The Kier molecular flexibility index (Phi) is 5.20. The Morgan fingerprint density at radius 1 is 1.17 bits per heavy atom. The normalized spacial score (nSPS) is 16.6. The SMILES string of the molecule is Cn1c(N2CCCC(C(=O)c3ccccc3F)C2)nc(-c2ccncc2)cc1=O. The number of nitrogens with zero attached hydrogens (tertiary/aromatic N) is 4. The summed E-state index contributed by atoms with van der Waals surface area (Å²) in [5, 5.41) is 0. The summed E-state index contributed by atoms with van der Waals surface area (Å²) in [4.78, 5) is 36.0. The summed E-state index contributed by atoms with van der Waals surface area (Å²) in [6.45, 7) is 1.08. The van der Waals surface area contributed by atoms with Gasteiger partial charge in [0.25, 0.3) is 5.56 Å². The van der Waals surface area contributed by atoms with Gasteiger partial charge >= 0.3 is 0 Å². The molecule has 6 nitrogen and oxygen atoms in total. The minimum atomic E-state index is -0.500. The zero-order chi connectivity index (χ0) is 20.4. The van der Waals surface area contributed by atoms with Crippen molar-refractivity contribution < 1.29 is 9.18 Å². The number of ketones is 1. The lowest BCUT2D eigenvalue weighted by Gasteiger charge is -2.33. The van der Waals surface area contributed by atoms with Crippen molar-refractivity contribution in [3.05, 3.63) is 76.6 Å². The first kappa shape index (κ1) is 19.0. The molecular weight excluding hydrogens is 371 g/mol. The van der Waals surface area contributed by atoms with Crippen LogP contribution in [0.15, 0.2) is 59.7 Å². The van der Waals surface area contributed by atoms with Crippen molar-refractivity contribution in [2.45, 2.75) is 12.8 Å². The first-order valence-electron chi connectivity index (χ1n) is 9.57. The molecule has 4 rings (SSSR count). The first-order valence-corrected chi connectivity index (χ1v) is 9.57. The van der Waals surface area contributed by atoms with Gasteiger partial charge < -0.3 is 4.90 Å². The third-order valence-corrected chi connectivity index (χ3v) is 5.30. The van der Waals surface area contributed by atoms with Gasteiger partial charge in [-0.2, -0.15) is 0 Å². The Bertz CT molecular complexity index is 1100. The molecule has 3 aromatic rings. The number of Topliss-reactive ketones (excluding diaryl/α,β-unsaturated/α-hetero) is 1. The minimum Gasteiger partial charge on any atom is -0.341 e. The molecule has 0 saturated carbocycles. The van der Waals surface area contributed by atoms with E-state index in [0.29, 0.717) is 31.2 Å². The second kappa shape index (κ2) is 7.95. The number of halogens is 1. The molecule has 29 heavy (non-hydrogen) atoms. The molecule has 7 heteroatoms. The van der Waals surface area contributed by atoms with Crippen LogP contribution in [0.2, 0.25) is 0 Å². The predicted octanol–water partition coefficient (Wildman–Crippen LogP) is 3.08. The summed E-state index contributed by atoms with van der Waals surface area (Å²) in [6.07, 6.45) is 4.75. The van der Waals surface area contributed by atoms with Gasteiger partial charge in [-0.15, -0.1) is 0 Å². The third-order valence-electron chi connectivity index (χ3n) is 5.30. The highest BCUT2D eigenvalue weighted by molar-refractivity contribution is 5.98. The lowest BCUT2D eigenvalue weighted by atomic mass is 9.90. The van der Waals surface area contributed by atoms with Crippen LogP contribution >= 0.6 is 0 Å². The van der Waals surface area contributed by atoms with E-state index in [4.69, 9.17) is 0 Å². The Hall–Kier alpha value is -3.35. The molecule has 0 amide bonds. The van der Waals surface area contributed by atoms with Crippen molar-refractivity contribution in [3.63, 3.8) is 0 Å². The number of rotatable bonds is 4. The summed E-state index contributed by atoms with van der Waals surface area (Å²) < 4.78 is 15.6. The fourth-order valence-corrected chi connectivity index (χ4v) is 3.73. The number of piperidine rings is 1. The van der Waals surface area contributed by atoms with E-state index in [2.05, 4.69) is 9.97 Å². The van der Waals surface area contributed by atoms with Crippen molar-refractivity contribution in [2.24, 2.45) is 13.0 Å². The fraction of sp³-hybridized carbons (Fsp3) is 0.273. The maximum atomic E-state index is 14.1. The van der Waals surface area contributed by atoms with Crippen molar-refractivity contribution in [1.29, 1.82) is 0 Å². The Balaban J connectivity index is 1.65. The quantitative estimate of drug-likeness (QED) is 0.639. The lowest BCUT2D eigenvalue weighted by Crippen LogP contribution is -2.42. The fourth-order valence-electron chi connectivity index (χ4n) is 3.73. The number of anilines is 1. The zero-order valence-electron chi connectivity index (χ0n) is 16.1. The van der Waals surface area contributed by atoms with Gasteiger partial charge in [0.1, 0.15) is 5.82 Å². The zero-order valence-corrected chi connectivity index (χ0v) is 16.1. The molecule has 3 heterocycles. The summed E-state index contributed by atoms with van der Waals surface area (Å²) >= 11 is 0. The summed E-state index contributed by atoms with van der Waals surface area (Å²) in [7, 11) is 1.67. The van der Waals surface area contributed by atoms with E-state index in [0.717, 1.165) is 12.0 Å². The maximum absolute atomic E-state index is 14.1. The van der Waals surface area contributed by atoms with Crippen LogP contribution in [0.25, 0.3) is 11.3 Å². The largest absolute Gasteiger partial charge is 0.341 e. The number of benzene rings is 1. The van der Waals surface area contributed by atoms with Gasteiger partial charge in [0.05, 0.1) is 11.3 Å². The van der Waals surface area contributed by atoms with E-state index in [1.807, 2.05) is 4.90 Å². The molecule has 1 aliphatic rings. The number of hydrogen-bond acceptors (Lipinski definition) is 5. The van der Waals surface area contributed by atoms with Crippen LogP contribution in [-0.2, 0) is 7.05 Å². The van der Waals surface area contributed by atoms with Crippen molar-refractivity contribution in [3.8, 4) is 11.3 Å². The number of pyridine rings is 1. The van der Waals surface area contributed by atoms with E-state index in [9.17, 15) is 14.0 Å². The van der Waals surface area contributed by atoms with Gasteiger partial charge in [-0.25, -0.2) is 9.37 Å². The molecule has 0 aliphatic carbocycles. The first-order chi connectivity index (χ1) is 14.0. The van der Waals surface area contributed by atoms with Gasteiger partial charge in [-0.3, -0.25) is 19.1 Å². The van der Waals surface area contributed by atoms with Crippen LogP contribution < -0.4 is 10.5 Å². The molecule has 0 bridgehead atoms. The van der Waals surface area contributed by atoms with Gasteiger partial charge in [0.2, 0.25) is 5.95 Å². The van der Waals surface area contributed by atoms with Crippen LogP contribution in [-0.4, -0.2) is 33.4 Å². The maximum Gasteiger partial charge on any atom is 0.255 e. The smallest absolute Gasteiger partial charge is 0.255 e. The highest BCUT2D eigenvalue weighted by Gasteiger charge is 2.29. The number of aromatic nitrogens is 3. The molecule has 0 radical (unpaired) electrons. The highest BCUT2D eigenvalue weighted by Crippen LogP contribution is 2.26. The molecule has 1 fully saturated rings. The van der Waals surface area contributed by atoms with Crippen molar-refractivity contribution in [2.75, 3.05) is 18.0 Å². The van der Waals surface area contributed by atoms with E-state index >= 15 is 0 Å². The molecule has 1 saturated heterocycles. The Morgan fingerprint density at radius 3 is 2.69 bits per heavy atom. The molecule has 0 spiro atoms. The van der Waals surface area contributed by atoms with E-state index < -0.39 is 5.82 Å². The van der Waals surface area contributed by atoms with Crippen molar-refractivity contribution in [1.82, 2.24) is 14.5 Å². The van der Waals surface area contributed by atoms with E-state index in [-0.39, 0.29) is 22.8 Å². The summed E-state index contributed by atoms with van der Waals surface area (Å²) in [6, 6.07) is 11.2. The summed E-state index contributed by atoms with van der Waals surface area (Å²) in [5.41, 5.74) is 1.30. The molecular formula is C22H21FN4O2. The molecule has 1 unspecified atom stereocenters. The lowest BCUT2D eigenvalue weighted by molar-refractivity contribution is 0.0902. The Labute approximate surface area is 167 Å². The molecule has 1 atom stereocenters. The topological polar surface area (TPSA) is 68.1 Å². The van der Waals surface area contributed by atoms with E-state index in [1.165, 1.54) is 22.8 Å². The van der Waals surface area contributed by atoms with Crippen LogP contribution in [0.1, 0.15) is 23.2 Å². The van der Waals surface area contributed by atoms with Crippen LogP contribution in [0.5, 0.6) is 0 Å². The second-order valence-electron chi connectivity index (χ2n) is 7.20. The Morgan fingerprint density at radius 2 is 1.93 bits per heavy atom.